The van der Waals surface area contributed by atoms with Crippen LogP contribution in [0.3, 0.4) is 0 Å². The van der Waals surface area contributed by atoms with Gasteiger partial charge in [-0.05, 0) is 32.0 Å². The molecule has 0 saturated heterocycles. The van der Waals surface area contributed by atoms with Gasteiger partial charge in [0.1, 0.15) is 0 Å². The van der Waals surface area contributed by atoms with Gasteiger partial charge < -0.3 is 10.2 Å². The van der Waals surface area contributed by atoms with E-state index in [1.165, 1.54) is 0 Å². The minimum absolute atomic E-state index is 0.0116. The highest BCUT2D eigenvalue weighted by molar-refractivity contribution is 5.74. The van der Waals surface area contributed by atoms with Crippen LogP contribution in [0.4, 0.5) is 4.79 Å². The Morgan fingerprint density at radius 3 is 2.57 bits per heavy atom. The molecule has 2 rings (SSSR count). The summed E-state index contributed by atoms with van der Waals surface area (Å²) in [5, 5.41) is 7.43. The number of benzene rings is 1. The van der Waals surface area contributed by atoms with E-state index in [0.29, 0.717) is 6.54 Å². The summed E-state index contributed by atoms with van der Waals surface area (Å²) in [5.74, 6) is 0. The molecule has 2 amide bonds. The molecule has 21 heavy (non-hydrogen) atoms. The molecule has 1 aromatic heterocycles. The van der Waals surface area contributed by atoms with Crippen LogP contribution in [-0.4, -0.2) is 40.3 Å². The van der Waals surface area contributed by atoms with Gasteiger partial charge in [0.25, 0.3) is 0 Å². The molecule has 0 bridgehead atoms. The number of carbonyl (C=O) groups excluding carboxylic acids is 1. The molecule has 5 nitrogen and oxygen atoms in total. The number of rotatable bonds is 6. The first kappa shape index (κ1) is 15.1. The third kappa shape index (κ3) is 4.08. The Kier molecular flexibility index (Phi) is 5.37. The lowest BCUT2D eigenvalue weighted by Gasteiger charge is -2.18. The first-order valence-corrected chi connectivity index (χ1v) is 7.37. The molecule has 5 heteroatoms. The largest absolute Gasteiger partial charge is 0.338 e. The summed E-state index contributed by atoms with van der Waals surface area (Å²) in [7, 11) is 0. The van der Waals surface area contributed by atoms with Gasteiger partial charge in [0.15, 0.2) is 0 Å². The van der Waals surface area contributed by atoms with Crippen LogP contribution in [0.5, 0.6) is 0 Å². The quantitative estimate of drug-likeness (QED) is 0.887. The lowest BCUT2D eigenvalue weighted by atomic mass is 10.3. The van der Waals surface area contributed by atoms with Crippen molar-refractivity contribution in [2.75, 3.05) is 19.6 Å². The van der Waals surface area contributed by atoms with E-state index in [0.717, 1.165) is 30.9 Å². The van der Waals surface area contributed by atoms with Gasteiger partial charge in [0.2, 0.25) is 0 Å². The fourth-order valence-electron chi connectivity index (χ4n) is 2.14. The normalized spacial score (nSPS) is 10.4. The first-order valence-electron chi connectivity index (χ1n) is 7.37. The molecule has 0 unspecified atom stereocenters. The Labute approximate surface area is 125 Å². The number of carbonyl (C=O) groups is 1. The van der Waals surface area contributed by atoms with Crippen molar-refractivity contribution >= 4 is 6.03 Å². The van der Waals surface area contributed by atoms with Crippen molar-refractivity contribution in [2.24, 2.45) is 0 Å². The monoisotopic (exact) mass is 286 g/mol. The average Bonchev–Trinajstić information content (AvgIpc) is 2.98. The zero-order valence-corrected chi connectivity index (χ0v) is 12.6. The van der Waals surface area contributed by atoms with E-state index in [2.05, 4.69) is 10.4 Å². The third-order valence-electron chi connectivity index (χ3n) is 3.37. The maximum absolute atomic E-state index is 11.8. The highest BCUT2D eigenvalue weighted by atomic mass is 16.2. The number of aromatic nitrogens is 2. The van der Waals surface area contributed by atoms with Gasteiger partial charge in [-0.15, -0.1) is 0 Å². The minimum atomic E-state index is -0.0116. The SMILES string of the molecule is CCN(CC)C(=O)NCCc1ccn(-c2ccccc2)n1. The van der Waals surface area contributed by atoms with Crippen molar-refractivity contribution in [2.45, 2.75) is 20.3 Å². The van der Waals surface area contributed by atoms with Gasteiger partial charge in [-0.2, -0.15) is 5.10 Å². The van der Waals surface area contributed by atoms with Crippen LogP contribution >= 0.6 is 0 Å². The predicted octanol–water partition coefficient (Wildman–Crippen LogP) is 2.47. The van der Waals surface area contributed by atoms with E-state index in [9.17, 15) is 4.79 Å². The topological polar surface area (TPSA) is 50.2 Å². The fraction of sp³-hybridized carbons (Fsp3) is 0.375. The van der Waals surface area contributed by atoms with Crippen molar-refractivity contribution in [3.8, 4) is 5.69 Å². The molecule has 0 saturated carbocycles. The highest BCUT2D eigenvalue weighted by Gasteiger charge is 2.08. The van der Waals surface area contributed by atoms with E-state index in [1.54, 1.807) is 4.90 Å². The Bertz CT molecular complexity index is 561. The van der Waals surface area contributed by atoms with Crippen molar-refractivity contribution < 1.29 is 4.79 Å². The molecule has 1 N–H and O–H groups in total. The Hall–Kier alpha value is -2.30. The van der Waals surface area contributed by atoms with Gasteiger partial charge in [0, 0.05) is 32.3 Å². The van der Waals surface area contributed by atoms with Crippen LogP contribution in [0, 0.1) is 0 Å². The van der Waals surface area contributed by atoms with Crippen molar-refractivity contribution in [3.05, 3.63) is 48.3 Å². The van der Waals surface area contributed by atoms with Gasteiger partial charge in [-0.1, -0.05) is 18.2 Å². The smallest absolute Gasteiger partial charge is 0.317 e. The van der Waals surface area contributed by atoms with Crippen LogP contribution < -0.4 is 5.32 Å². The lowest BCUT2D eigenvalue weighted by molar-refractivity contribution is 0.203. The van der Waals surface area contributed by atoms with Crippen LogP contribution in [0.2, 0.25) is 0 Å². The molecule has 1 aromatic carbocycles. The zero-order chi connectivity index (χ0) is 15.1. The molecule has 1 heterocycles. The highest BCUT2D eigenvalue weighted by Crippen LogP contribution is 2.06. The Balaban J connectivity index is 1.85. The van der Waals surface area contributed by atoms with E-state index < -0.39 is 0 Å². The number of hydrogen-bond donors (Lipinski definition) is 1. The second-order valence-electron chi connectivity index (χ2n) is 4.74. The zero-order valence-electron chi connectivity index (χ0n) is 12.6. The molecule has 0 aliphatic heterocycles. The molecule has 0 atom stereocenters. The van der Waals surface area contributed by atoms with E-state index in [1.807, 2.05) is 61.1 Å². The molecule has 0 aliphatic rings. The van der Waals surface area contributed by atoms with Crippen molar-refractivity contribution in [1.82, 2.24) is 20.0 Å². The minimum Gasteiger partial charge on any atom is -0.338 e. The number of nitrogens with zero attached hydrogens (tertiary/aromatic N) is 3. The molecular formula is C16H22N4O. The number of para-hydroxylation sites is 1. The summed E-state index contributed by atoms with van der Waals surface area (Å²) < 4.78 is 1.85. The van der Waals surface area contributed by atoms with E-state index in [4.69, 9.17) is 0 Å². The van der Waals surface area contributed by atoms with Crippen LogP contribution in [0.15, 0.2) is 42.6 Å². The third-order valence-corrected chi connectivity index (χ3v) is 3.37. The Morgan fingerprint density at radius 1 is 1.19 bits per heavy atom. The second kappa shape index (κ2) is 7.47. The molecule has 0 spiro atoms. The average molecular weight is 286 g/mol. The van der Waals surface area contributed by atoms with E-state index in [-0.39, 0.29) is 6.03 Å². The molecule has 0 radical (unpaired) electrons. The molecule has 112 valence electrons. The molecule has 2 aromatic rings. The summed E-state index contributed by atoms with van der Waals surface area (Å²) in [6, 6.07) is 12.0. The second-order valence-corrected chi connectivity index (χ2v) is 4.74. The summed E-state index contributed by atoms with van der Waals surface area (Å²) in [5.41, 5.74) is 2.01. The number of amides is 2. The van der Waals surface area contributed by atoms with Gasteiger partial charge in [-0.3, -0.25) is 0 Å². The van der Waals surface area contributed by atoms with Gasteiger partial charge >= 0.3 is 6.03 Å². The standard InChI is InChI=1S/C16H22N4O/c1-3-19(4-2)16(21)17-12-10-14-11-13-20(18-14)15-8-6-5-7-9-15/h5-9,11,13H,3-4,10,12H2,1-2H3,(H,17,21). The van der Waals surface area contributed by atoms with Gasteiger partial charge in [-0.25, -0.2) is 9.48 Å². The van der Waals surface area contributed by atoms with Crippen molar-refractivity contribution in [1.29, 1.82) is 0 Å². The number of hydrogen-bond acceptors (Lipinski definition) is 2. The van der Waals surface area contributed by atoms with Crippen LogP contribution in [0.25, 0.3) is 5.69 Å². The first-order chi connectivity index (χ1) is 10.2. The predicted molar refractivity (Wildman–Crippen MR) is 83.6 cm³/mol. The summed E-state index contributed by atoms with van der Waals surface area (Å²) in [4.78, 5) is 13.6. The maximum Gasteiger partial charge on any atom is 0.317 e. The summed E-state index contributed by atoms with van der Waals surface area (Å²) >= 11 is 0. The molecule has 0 aliphatic carbocycles. The Morgan fingerprint density at radius 2 is 1.90 bits per heavy atom. The van der Waals surface area contributed by atoms with Gasteiger partial charge in [0.05, 0.1) is 11.4 Å². The maximum atomic E-state index is 11.8. The van der Waals surface area contributed by atoms with Crippen LogP contribution in [-0.2, 0) is 6.42 Å². The number of urea groups is 1. The molecule has 0 fully saturated rings. The van der Waals surface area contributed by atoms with Crippen molar-refractivity contribution in [3.63, 3.8) is 0 Å². The number of nitrogens with one attached hydrogen (secondary N) is 1. The van der Waals surface area contributed by atoms with Crippen LogP contribution in [0.1, 0.15) is 19.5 Å². The van der Waals surface area contributed by atoms with E-state index >= 15 is 0 Å². The summed E-state index contributed by atoms with van der Waals surface area (Å²) in [6.45, 7) is 6.01. The summed E-state index contributed by atoms with van der Waals surface area (Å²) in [6.07, 6.45) is 2.67. The lowest BCUT2D eigenvalue weighted by Crippen LogP contribution is -2.40. The molecular weight excluding hydrogens is 264 g/mol. The fourth-order valence-corrected chi connectivity index (χ4v) is 2.14.